The van der Waals surface area contributed by atoms with E-state index in [0.29, 0.717) is 5.56 Å². The Bertz CT molecular complexity index is 1120. The summed E-state index contributed by atoms with van der Waals surface area (Å²) >= 11 is 4.98. The van der Waals surface area contributed by atoms with E-state index < -0.39 is 17.6 Å². The van der Waals surface area contributed by atoms with Crippen molar-refractivity contribution in [2.45, 2.75) is 32.4 Å². The standard InChI is InChI=1S/C21H20F3N5O2S/c1-20(2,3)13-9-7-12(8-10-13)16-26-18(31-29-16)17(30)27-28-19(32)25-15-6-4-5-14(11-15)21(22,23)24/h4-11H,1-3H3,(H,27,30)(H2,25,28,32). The third-order valence-corrected chi connectivity index (χ3v) is 4.57. The molecule has 3 rings (SSSR count). The van der Waals surface area contributed by atoms with Crippen molar-refractivity contribution < 1.29 is 22.5 Å². The van der Waals surface area contributed by atoms with Gasteiger partial charge < -0.3 is 9.84 Å². The molecule has 3 N–H and O–H groups in total. The summed E-state index contributed by atoms with van der Waals surface area (Å²) in [6, 6.07) is 12.0. The molecule has 1 amide bonds. The number of nitrogens with zero attached hydrogens (tertiary/aromatic N) is 2. The molecule has 0 spiro atoms. The molecule has 0 bridgehead atoms. The molecule has 0 saturated carbocycles. The largest absolute Gasteiger partial charge is 0.416 e. The number of halogens is 3. The molecule has 7 nitrogen and oxygen atoms in total. The summed E-state index contributed by atoms with van der Waals surface area (Å²) in [6.07, 6.45) is -4.48. The highest BCUT2D eigenvalue weighted by Gasteiger charge is 2.30. The zero-order chi connectivity index (χ0) is 23.5. The van der Waals surface area contributed by atoms with Crippen molar-refractivity contribution in [1.29, 1.82) is 0 Å². The normalized spacial score (nSPS) is 11.7. The van der Waals surface area contributed by atoms with Crippen LogP contribution in [0.25, 0.3) is 11.4 Å². The molecule has 0 radical (unpaired) electrons. The van der Waals surface area contributed by atoms with E-state index in [2.05, 4.69) is 47.1 Å². The molecule has 11 heteroatoms. The van der Waals surface area contributed by atoms with Gasteiger partial charge in [-0.15, -0.1) is 0 Å². The van der Waals surface area contributed by atoms with Crippen LogP contribution in [-0.4, -0.2) is 21.2 Å². The van der Waals surface area contributed by atoms with E-state index in [4.69, 9.17) is 16.7 Å². The number of hydrogen-bond acceptors (Lipinski definition) is 5. The van der Waals surface area contributed by atoms with Crippen LogP contribution < -0.4 is 16.2 Å². The van der Waals surface area contributed by atoms with Gasteiger partial charge in [0.05, 0.1) is 5.56 Å². The molecule has 0 aliphatic carbocycles. The van der Waals surface area contributed by atoms with Gasteiger partial charge in [-0.1, -0.05) is 56.3 Å². The van der Waals surface area contributed by atoms with E-state index in [-0.39, 0.29) is 27.9 Å². The van der Waals surface area contributed by atoms with Crippen molar-refractivity contribution in [3.05, 3.63) is 65.5 Å². The maximum atomic E-state index is 12.8. The Balaban J connectivity index is 1.58. The van der Waals surface area contributed by atoms with Crippen LogP contribution in [0.1, 0.15) is 42.6 Å². The predicted molar refractivity (Wildman–Crippen MR) is 117 cm³/mol. The van der Waals surface area contributed by atoms with Gasteiger partial charge in [0.15, 0.2) is 5.11 Å². The van der Waals surface area contributed by atoms with E-state index in [1.807, 2.05) is 24.3 Å². The number of aromatic nitrogens is 2. The van der Waals surface area contributed by atoms with Crippen LogP contribution in [-0.2, 0) is 11.6 Å². The molecule has 3 aromatic rings. The second-order valence-electron chi connectivity index (χ2n) is 7.86. The molecule has 0 unspecified atom stereocenters. The smallest absolute Gasteiger partial charge is 0.331 e. The number of alkyl halides is 3. The number of anilines is 1. The number of nitrogens with one attached hydrogen (secondary N) is 3. The summed E-state index contributed by atoms with van der Waals surface area (Å²) in [6.45, 7) is 6.29. The van der Waals surface area contributed by atoms with Gasteiger partial charge in [0.2, 0.25) is 5.82 Å². The molecule has 2 aromatic carbocycles. The maximum Gasteiger partial charge on any atom is 0.416 e. The fourth-order valence-corrected chi connectivity index (χ4v) is 2.82. The Morgan fingerprint density at radius 1 is 1.00 bits per heavy atom. The highest BCUT2D eigenvalue weighted by molar-refractivity contribution is 7.80. The minimum Gasteiger partial charge on any atom is -0.331 e. The quantitative estimate of drug-likeness (QED) is 0.384. The molecular formula is C21H20F3N5O2S. The number of carbonyl (C=O) groups excluding carboxylic acids is 1. The first-order valence-electron chi connectivity index (χ1n) is 9.43. The monoisotopic (exact) mass is 463 g/mol. The van der Waals surface area contributed by atoms with Crippen molar-refractivity contribution in [2.24, 2.45) is 0 Å². The first kappa shape index (κ1) is 23.2. The van der Waals surface area contributed by atoms with Gasteiger partial charge in [0, 0.05) is 11.3 Å². The SMILES string of the molecule is CC(C)(C)c1ccc(-c2noc(C(=O)NNC(=S)Nc3cccc(C(F)(F)F)c3)n2)cc1. The van der Waals surface area contributed by atoms with Gasteiger partial charge in [-0.3, -0.25) is 15.6 Å². The summed E-state index contributed by atoms with van der Waals surface area (Å²) in [4.78, 5) is 16.3. The van der Waals surface area contributed by atoms with Crippen LogP contribution in [0.4, 0.5) is 18.9 Å². The Kier molecular flexibility index (Phi) is 6.49. The van der Waals surface area contributed by atoms with Crippen molar-refractivity contribution in [3.8, 4) is 11.4 Å². The summed E-state index contributed by atoms with van der Waals surface area (Å²) in [7, 11) is 0. The lowest BCUT2D eigenvalue weighted by atomic mass is 9.87. The van der Waals surface area contributed by atoms with Crippen LogP contribution in [0.3, 0.4) is 0 Å². The van der Waals surface area contributed by atoms with E-state index >= 15 is 0 Å². The maximum absolute atomic E-state index is 12.8. The van der Waals surface area contributed by atoms with Crippen LogP contribution in [0, 0.1) is 0 Å². The van der Waals surface area contributed by atoms with Crippen LogP contribution in [0.2, 0.25) is 0 Å². The lowest BCUT2D eigenvalue weighted by Gasteiger charge is -2.18. The summed E-state index contributed by atoms with van der Waals surface area (Å²) in [5.41, 5.74) is 5.69. The van der Waals surface area contributed by atoms with E-state index in [9.17, 15) is 18.0 Å². The van der Waals surface area contributed by atoms with Crippen LogP contribution in [0.15, 0.2) is 53.1 Å². The van der Waals surface area contributed by atoms with Gasteiger partial charge in [-0.2, -0.15) is 18.2 Å². The Morgan fingerprint density at radius 2 is 1.69 bits per heavy atom. The third kappa shape index (κ3) is 5.82. The van der Waals surface area contributed by atoms with Crippen molar-refractivity contribution in [1.82, 2.24) is 21.0 Å². The number of rotatable bonds is 3. The Hall–Kier alpha value is -3.47. The van der Waals surface area contributed by atoms with Crippen molar-refractivity contribution in [3.63, 3.8) is 0 Å². The topological polar surface area (TPSA) is 92.1 Å². The molecule has 0 aliphatic heterocycles. The Labute approximate surface area is 187 Å². The lowest BCUT2D eigenvalue weighted by molar-refractivity contribution is -0.137. The van der Waals surface area contributed by atoms with Gasteiger partial charge in [-0.05, 0) is 41.4 Å². The van der Waals surface area contributed by atoms with E-state index in [1.165, 1.54) is 12.1 Å². The molecule has 0 fully saturated rings. The van der Waals surface area contributed by atoms with Crippen molar-refractivity contribution in [2.75, 3.05) is 5.32 Å². The summed E-state index contributed by atoms with van der Waals surface area (Å²) in [5, 5.41) is 6.22. The molecule has 0 atom stereocenters. The minimum absolute atomic E-state index is 0.00693. The van der Waals surface area contributed by atoms with Crippen molar-refractivity contribution >= 4 is 28.9 Å². The zero-order valence-electron chi connectivity index (χ0n) is 17.4. The molecule has 32 heavy (non-hydrogen) atoms. The molecule has 0 aliphatic rings. The highest BCUT2D eigenvalue weighted by Crippen LogP contribution is 2.30. The number of carbonyl (C=O) groups is 1. The minimum atomic E-state index is -4.48. The Morgan fingerprint density at radius 3 is 2.31 bits per heavy atom. The molecular weight excluding hydrogens is 443 g/mol. The highest BCUT2D eigenvalue weighted by atomic mass is 32.1. The second kappa shape index (κ2) is 8.95. The first-order valence-corrected chi connectivity index (χ1v) is 9.83. The second-order valence-corrected chi connectivity index (χ2v) is 8.27. The number of amides is 1. The molecule has 0 saturated heterocycles. The number of hydrazine groups is 1. The van der Waals surface area contributed by atoms with Crippen LogP contribution in [0.5, 0.6) is 0 Å². The summed E-state index contributed by atoms with van der Waals surface area (Å²) in [5.74, 6) is -0.835. The van der Waals surface area contributed by atoms with Gasteiger partial charge in [0.25, 0.3) is 0 Å². The van der Waals surface area contributed by atoms with Crippen LogP contribution >= 0.6 is 12.2 Å². The van der Waals surface area contributed by atoms with Gasteiger partial charge in [0.1, 0.15) is 0 Å². The third-order valence-electron chi connectivity index (χ3n) is 4.37. The summed E-state index contributed by atoms with van der Waals surface area (Å²) < 4.78 is 43.3. The van der Waals surface area contributed by atoms with E-state index in [0.717, 1.165) is 17.7 Å². The first-order chi connectivity index (χ1) is 14.9. The molecule has 1 heterocycles. The average molecular weight is 463 g/mol. The van der Waals surface area contributed by atoms with Gasteiger partial charge >= 0.3 is 18.0 Å². The molecule has 1 aromatic heterocycles. The fourth-order valence-electron chi connectivity index (χ4n) is 2.65. The number of thiocarbonyl (C=S) groups is 1. The predicted octanol–water partition coefficient (Wildman–Crippen LogP) is 4.68. The lowest BCUT2D eigenvalue weighted by Crippen LogP contribution is -2.43. The zero-order valence-corrected chi connectivity index (χ0v) is 18.2. The fraction of sp³-hybridized carbons (Fsp3) is 0.238. The van der Waals surface area contributed by atoms with E-state index in [1.54, 1.807) is 0 Å². The average Bonchev–Trinajstić information content (AvgIpc) is 3.21. The number of hydrogen-bond donors (Lipinski definition) is 3. The number of benzene rings is 2. The van der Waals surface area contributed by atoms with Gasteiger partial charge in [-0.25, -0.2) is 0 Å². The molecule has 168 valence electrons.